The molecular formula is C9H13F. The van der Waals surface area contributed by atoms with E-state index in [-0.39, 0.29) is 5.92 Å². The quantitative estimate of drug-likeness (QED) is 0.491. The van der Waals surface area contributed by atoms with Crippen LogP contribution in [0.2, 0.25) is 0 Å². The van der Waals surface area contributed by atoms with Crippen LogP contribution in [-0.4, -0.2) is 6.17 Å². The highest BCUT2D eigenvalue weighted by molar-refractivity contribution is 4.97. The Morgan fingerprint density at radius 3 is 2.40 bits per heavy atom. The predicted octanol–water partition coefficient (Wildman–Crippen LogP) is 2.54. The van der Waals surface area contributed by atoms with Gasteiger partial charge in [0.25, 0.3) is 0 Å². The Hall–Kier alpha value is -0.510. The standard InChI is InChI=1S/C9H13F/c1-2-9(10)8-6-4-3-5-7-8/h1,8-9H,3-7H2. The van der Waals surface area contributed by atoms with E-state index in [1.807, 2.05) is 0 Å². The highest BCUT2D eigenvalue weighted by Crippen LogP contribution is 2.27. The predicted molar refractivity (Wildman–Crippen MR) is 40.3 cm³/mol. The molecule has 1 rings (SSSR count). The summed E-state index contributed by atoms with van der Waals surface area (Å²) in [6.07, 6.45) is 9.55. The van der Waals surface area contributed by atoms with E-state index < -0.39 is 6.17 Å². The largest absolute Gasteiger partial charge is 0.233 e. The zero-order chi connectivity index (χ0) is 7.40. The molecule has 0 spiro atoms. The third kappa shape index (κ3) is 1.73. The first-order valence-corrected chi connectivity index (χ1v) is 3.95. The van der Waals surface area contributed by atoms with Crippen LogP contribution in [0.3, 0.4) is 0 Å². The molecule has 0 aliphatic heterocycles. The first-order chi connectivity index (χ1) is 4.84. The van der Waals surface area contributed by atoms with Crippen molar-refractivity contribution in [2.45, 2.75) is 38.3 Å². The number of terminal acetylenes is 1. The fourth-order valence-electron chi connectivity index (χ4n) is 1.56. The summed E-state index contributed by atoms with van der Waals surface area (Å²) in [5, 5.41) is 0. The minimum Gasteiger partial charge on any atom is -0.233 e. The summed E-state index contributed by atoms with van der Waals surface area (Å²) in [6, 6.07) is 0. The molecule has 0 bridgehead atoms. The van der Waals surface area contributed by atoms with Crippen LogP contribution in [0.1, 0.15) is 32.1 Å². The molecule has 10 heavy (non-hydrogen) atoms. The molecule has 1 atom stereocenters. The number of halogens is 1. The van der Waals surface area contributed by atoms with Gasteiger partial charge in [-0.2, -0.15) is 0 Å². The van der Waals surface area contributed by atoms with Gasteiger partial charge in [-0.05, 0) is 12.8 Å². The number of hydrogen-bond donors (Lipinski definition) is 0. The average molecular weight is 140 g/mol. The molecule has 0 nitrogen and oxygen atoms in total. The molecule has 0 aromatic heterocycles. The summed E-state index contributed by atoms with van der Waals surface area (Å²) < 4.78 is 12.8. The molecule has 1 fully saturated rings. The van der Waals surface area contributed by atoms with Crippen molar-refractivity contribution in [1.82, 2.24) is 0 Å². The summed E-state index contributed by atoms with van der Waals surface area (Å²) in [5.41, 5.74) is 0. The van der Waals surface area contributed by atoms with E-state index in [9.17, 15) is 4.39 Å². The van der Waals surface area contributed by atoms with Crippen molar-refractivity contribution in [3.8, 4) is 12.3 Å². The van der Waals surface area contributed by atoms with Gasteiger partial charge in [-0.15, -0.1) is 6.42 Å². The molecule has 1 unspecified atom stereocenters. The highest BCUT2D eigenvalue weighted by atomic mass is 19.1. The fraction of sp³-hybridized carbons (Fsp3) is 0.778. The van der Waals surface area contributed by atoms with Crippen LogP contribution >= 0.6 is 0 Å². The summed E-state index contributed by atoms with van der Waals surface area (Å²) in [4.78, 5) is 0. The molecule has 1 heteroatoms. The normalized spacial score (nSPS) is 23.6. The number of alkyl halides is 1. The van der Waals surface area contributed by atoms with Crippen molar-refractivity contribution in [3.63, 3.8) is 0 Å². The van der Waals surface area contributed by atoms with Gasteiger partial charge in [-0.1, -0.05) is 25.2 Å². The SMILES string of the molecule is C#CC(F)C1CCCCC1. The smallest absolute Gasteiger partial charge is 0.163 e. The lowest BCUT2D eigenvalue weighted by atomic mass is 9.86. The summed E-state index contributed by atoms with van der Waals surface area (Å²) in [6.45, 7) is 0. The van der Waals surface area contributed by atoms with Gasteiger partial charge in [-0.3, -0.25) is 0 Å². The maximum absolute atomic E-state index is 12.8. The van der Waals surface area contributed by atoms with E-state index in [2.05, 4.69) is 5.92 Å². The maximum Gasteiger partial charge on any atom is 0.163 e. The van der Waals surface area contributed by atoms with Gasteiger partial charge in [0.15, 0.2) is 6.17 Å². The third-order valence-electron chi connectivity index (χ3n) is 2.22. The summed E-state index contributed by atoms with van der Waals surface area (Å²) in [7, 11) is 0. The molecular weight excluding hydrogens is 127 g/mol. The van der Waals surface area contributed by atoms with Gasteiger partial charge in [0, 0.05) is 5.92 Å². The molecule has 1 aliphatic rings. The van der Waals surface area contributed by atoms with E-state index in [0.717, 1.165) is 25.7 Å². The lowest BCUT2D eigenvalue weighted by molar-refractivity contribution is 0.229. The van der Waals surface area contributed by atoms with Crippen molar-refractivity contribution < 1.29 is 4.39 Å². The Morgan fingerprint density at radius 2 is 1.90 bits per heavy atom. The lowest BCUT2D eigenvalue weighted by Crippen LogP contribution is -2.16. The van der Waals surface area contributed by atoms with Crippen molar-refractivity contribution in [3.05, 3.63) is 0 Å². The average Bonchev–Trinajstić information content (AvgIpc) is 2.05. The molecule has 0 N–H and O–H groups in total. The van der Waals surface area contributed by atoms with Gasteiger partial charge in [0.1, 0.15) is 0 Å². The Labute approximate surface area is 61.8 Å². The molecule has 0 aromatic rings. The first-order valence-electron chi connectivity index (χ1n) is 3.95. The Kier molecular flexibility index (Phi) is 2.74. The Bertz CT molecular complexity index is 128. The Balaban J connectivity index is 2.33. The molecule has 1 aliphatic carbocycles. The van der Waals surface area contributed by atoms with E-state index in [1.165, 1.54) is 6.42 Å². The van der Waals surface area contributed by atoms with Crippen LogP contribution in [0.25, 0.3) is 0 Å². The van der Waals surface area contributed by atoms with Crippen molar-refractivity contribution in [1.29, 1.82) is 0 Å². The monoisotopic (exact) mass is 140 g/mol. The summed E-state index contributed by atoms with van der Waals surface area (Å²) >= 11 is 0. The third-order valence-corrected chi connectivity index (χ3v) is 2.22. The summed E-state index contributed by atoms with van der Waals surface area (Å²) in [5.74, 6) is 2.33. The van der Waals surface area contributed by atoms with Crippen LogP contribution in [0.15, 0.2) is 0 Å². The van der Waals surface area contributed by atoms with E-state index in [1.54, 1.807) is 0 Å². The van der Waals surface area contributed by atoms with Gasteiger partial charge >= 0.3 is 0 Å². The van der Waals surface area contributed by atoms with E-state index in [0.29, 0.717) is 0 Å². The van der Waals surface area contributed by atoms with Crippen LogP contribution in [0.5, 0.6) is 0 Å². The van der Waals surface area contributed by atoms with Crippen LogP contribution in [-0.2, 0) is 0 Å². The molecule has 0 aromatic carbocycles. The maximum atomic E-state index is 12.8. The second-order valence-electron chi connectivity index (χ2n) is 2.97. The molecule has 1 saturated carbocycles. The minimum absolute atomic E-state index is 0.166. The lowest BCUT2D eigenvalue weighted by Gasteiger charge is -2.21. The zero-order valence-corrected chi connectivity index (χ0v) is 6.15. The van der Waals surface area contributed by atoms with Crippen LogP contribution in [0, 0.1) is 18.3 Å². The topological polar surface area (TPSA) is 0 Å². The fourth-order valence-corrected chi connectivity index (χ4v) is 1.56. The molecule has 0 heterocycles. The number of hydrogen-bond acceptors (Lipinski definition) is 0. The van der Waals surface area contributed by atoms with E-state index in [4.69, 9.17) is 6.42 Å². The van der Waals surface area contributed by atoms with Crippen LogP contribution < -0.4 is 0 Å². The van der Waals surface area contributed by atoms with Crippen molar-refractivity contribution in [2.75, 3.05) is 0 Å². The molecule has 0 radical (unpaired) electrons. The second-order valence-corrected chi connectivity index (χ2v) is 2.97. The Morgan fingerprint density at radius 1 is 1.30 bits per heavy atom. The van der Waals surface area contributed by atoms with Gasteiger partial charge < -0.3 is 0 Å². The first kappa shape index (κ1) is 7.60. The zero-order valence-electron chi connectivity index (χ0n) is 6.15. The molecule has 0 saturated heterocycles. The minimum atomic E-state index is -0.986. The van der Waals surface area contributed by atoms with E-state index >= 15 is 0 Å². The number of rotatable bonds is 1. The van der Waals surface area contributed by atoms with Gasteiger partial charge in [0.05, 0.1) is 0 Å². The van der Waals surface area contributed by atoms with Crippen molar-refractivity contribution in [2.24, 2.45) is 5.92 Å². The second kappa shape index (κ2) is 3.61. The molecule has 0 amide bonds. The highest BCUT2D eigenvalue weighted by Gasteiger charge is 2.20. The van der Waals surface area contributed by atoms with Crippen molar-refractivity contribution >= 4 is 0 Å². The molecule has 56 valence electrons. The van der Waals surface area contributed by atoms with Gasteiger partial charge in [0.2, 0.25) is 0 Å². The van der Waals surface area contributed by atoms with Crippen LogP contribution in [0.4, 0.5) is 4.39 Å². The van der Waals surface area contributed by atoms with Gasteiger partial charge in [-0.25, -0.2) is 4.39 Å².